The molecule has 0 aromatic carbocycles. The molecule has 1 aliphatic heterocycles. The molecule has 0 N–H and O–H groups in total. The lowest BCUT2D eigenvalue weighted by atomic mass is 9.65. The van der Waals surface area contributed by atoms with Gasteiger partial charge in [-0.3, -0.25) is 9.59 Å². The first-order valence-electron chi connectivity index (χ1n) is 13.3. The van der Waals surface area contributed by atoms with Crippen LogP contribution < -0.4 is 0 Å². The average Bonchev–Trinajstić information content (AvgIpc) is 2.89. The van der Waals surface area contributed by atoms with Crippen molar-refractivity contribution in [2.45, 2.75) is 104 Å². The van der Waals surface area contributed by atoms with Crippen LogP contribution in [0.25, 0.3) is 0 Å². The van der Waals surface area contributed by atoms with Gasteiger partial charge in [0.05, 0.1) is 20.2 Å². The Kier molecular flexibility index (Phi) is 7.41. The van der Waals surface area contributed by atoms with E-state index >= 15 is 0 Å². The highest BCUT2D eigenvalue weighted by Crippen LogP contribution is 2.70. The summed E-state index contributed by atoms with van der Waals surface area (Å²) in [5, 5.41) is 0. The largest absolute Gasteiger partial charge is 0.382 e. The lowest BCUT2D eigenvalue weighted by Crippen LogP contribution is -2.48. The van der Waals surface area contributed by atoms with E-state index < -0.39 is 9.49 Å². The van der Waals surface area contributed by atoms with Crippen molar-refractivity contribution in [1.82, 2.24) is 0 Å². The third-order valence-corrected chi connectivity index (χ3v) is 11.0. The Bertz CT molecular complexity index is 966. The normalized spacial score (nSPS) is 23.7. The summed E-state index contributed by atoms with van der Waals surface area (Å²) in [6.07, 6.45) is 8.97. The van der Waals surface area contributed by atoms with Gasteiger partial charge in [0, 0.05) is 29.4 Å². The Morgan fingerprint density at radius 1 is 0.595 bits per heavy atom. The minimum Gasteiger partial charge on any atom is -0.382 e. The molecule has 1 saturated heterocycles. The zero-order valence-electron chi connectivity index (χ0n) is 25.6. The molecule has 0 atom stereocenters. The third-order valence-electron chi connectivity index (χ3n) is 7.43. The summed E-state index contributed by atoms with van der Waals surface area (Å²) in [5.41, 5.74) is 2.12. The summed E-state index contributed by atoms with van der Waals surface area (Å²) in [7, 11) is 1.75. The molecule has 1 heterocycles. The van der Waals surface area contributed by atoms with Gasteiger partial charge in [-0.15, -0.1) is 23.5 Å². The third kappa shape index (κ3) is 5.39. The SMILES string of the molecule is COCC1(C)SC2(C=C(C(C)(C)C)C(=O)C(C(C)(C)C)=C2)C2(C=C(C(C)(C)C)C(=O)C(C(C)(C)C)=C2)S1. The van der Waals surface area contributed by atoms with Crippen LogP contribution in [0.15, 0.2) is 46.6 Å². The summed E-state index contributed by atoms with van der Waals surface area (Å²) in [6, 6.07) is 0. The van der Waals surface area contributed by atoms with Crippen LogP contribution in [-0.4, -0.2) is 38.9 Å². The van der Waals surface area contributed by atoms with E-state index in [0.717, 1.165) is 22.3 Å². The molecule has 37 heavy (non-hydrogen) atoms. The van der Waals surface area contributed by atoms with Gasteiger partial charge >= 0.3 is 0 Å². The molecule has 0 radical (unpaired) electrons. The number of rotatable bonds is 2. The Hall–Kier alpha value is -1.04. The van der Waals surface area contributed by atoms with E-state index in [1.165, 1.54) is 0 Å². The molecule has 3 nitrogen and oxygen atoms in total. The second-order valence-corrected chi connectivity index (χ2v) is 19.1. The van der Waals surface area contributed by atoms with Crippen LogP contribution in [0, 0.1) is 21.7 Å². The van der Waals surface area contributed by atoms with E-state index in [1.54, 1.807) is 7.11 Å². The molecule has 5 heteroatoms. The van der Waals surface area contributed by atoms with Crippen molar-refractivity contribution in [2.75, 3.05) is 13.7 Å². The van der Waals surface area contributed by atoms with Gasteiger partial charge in [-0.1, -0.05) is 107 Å². The first-order valence-corrected chi connectivity index (χ1v) is 15.0. The number of fused-ring (bicyclic) bond motifs is 1. The Morgan fingerprint density at radius 3 is 1.03 bits per heavy atom. The van der Waals surface area contributed by atoms with Crippen LogP contribution in [0.1, 0.15) is 90.0 Å². The van der Waals surface area contributed by atoms with Gasteiger partial charge in [-0.2, -0.15) is 0 Å². The maximum atomic E-state index is 14.0. The van der Waals surface area contributed by atoms with Gasteiger partial charge in [-0.05, 0) is 28.6 Å². The van der Waals surface area contributed by atoms with Crippen molar-refractivity contribution >= 4 is 35.1 Å². The number of ether oxygens (including phenoxy) is 1. The van der Waals surface area contributed by atoms with E-state index in [0.29, 0.717) is 6.61 Å². The van der Waals surface area contributed by atoms with E-state index in [9.17, 15) is 9.59 Å². The number of carbonyl (C=O) groups excluding carboxylic acids is 2. The molecule has 0 saturated carbocycles. The fraction of sp³-hybridized carbons (Fsp3) is 0.688. The summed E-state index contributed by atoms with van der Waals surface area (Å²) in [4.78, 5) is 27.9. The van der Waals surface area contributed by atoms with Crippen LogP contribution in [0.5, 0.6) is 0 Å². The minimum absolute atomic E-state index is 0.138. The number of hydrogen-bond donors (Lipinski definition) is 0. The fourth-order valence-electron chi connectivity index (χ4n) is 5.51. The highest BCUT2D eigenvalue weighted by Gasteiger charge is 2.64. The molecule has 0 aromatic rings. The summed E-state index contributed by atoms with van der Waals surface area (Å²) < 4.78 is 4.36. The van der Waals surface area contributed by atoms with Crippen molar-refractivity contribution in [3.05, 3.63) is 46.6 Å². The molecule has 3 rings (SSSR count). The van der Waals surface area contributed by atoms with Gasteiger partial charge in [0.2, 0.25) is 0 Å². The lowest BCUT2D eigenvalue weighted by Gasteiger charge is -2.46. The predicted molar refractivity (Wildman–Crippen MR) is 161 cm³/mol. The van der Waals surface area contributed by atoms with E-state index in [2.05, 4.69) is 114 Å². The van der Waals surface area contributed by atoms with Gasteiger partial charge in [0.1, 0.15) is 0 Å². The van der Waals surface area contributed by atoms with Crippen molar-refractivity contribution < 1.29 is 14.3 Å². The highest BCUT2D eigenvalue weighted by molar-refractivity contribution is 8.23. The standard InChI is InChI=1S/C32H48O3S2/c1-26(2,3)20-15-31(16-21(24(20)33)27(4,5)6)32(37-30(13,36-31)19-35-14)17-22(28(7,8)9)25(34)23(18-32)29(10,11)12/h15-18H,19H2,1-14H3. The molecular formula is C32H48O3S2. The van der Waals surface area contributed by atoms with Gasteiger partial charge in [0.15, 0.2) is 11.6 Å². The van der Waals surface area contributed by atoms with E-state index in [4.69, 9.17) is 4.74 Å². The second-order valence-electron chi connectivity index (χ2n) is 15.2. The maximum Gasteiger partial charge on any atom is 0.185 e. The molecule has 2 spiro atoms. The molecule has 0 unspecified atom stereocenters. The van der Waals surface area contributed by atoms with Crippen LogP contribution in [0.3, 0.4) is 0 Å². The van der Waals surface area contributed by atoms with Crippen molar-refractivity contribution in [3.63, 3.8) is 0 Å². The van der Waals surface area contributed by atoms with E-state index in [1.807, 2.05) is 23.5 Å². The van der Waals surface area contributed by atoms with Crippen LogP contribution >= 0.6 is 23.5 Å². The molecular weight excluding hydrogens is 496 g/mol. The van der Waals surface area contributed by atoms with E-state index in [-0.39, 0.29) is 37.3 Å². The van der Waals surface area contributed by atoms with Gasteiger partial charge < -0.3 is 4.74 Å². The molecule has 0 aromatic heterocycles. The number of carbonyl (C=O) groups is 2. The Labute approximate surface area is 234 Å². The quantitative estimate of drug-likeness (QED) is 0.349. The zero-order chi connectivity index (χ0) is 28.6. The van der Waals surface area contributed by atoms with Crippen LogP contribution in [-0.2, 0) is 14.3 Å². The number of allylic oxidation sites excluding steroid dienone is 4. The second kappa shape index (κ2) is 8.99. The fourth-order valence-corrected chi connectivity index (χ4v) is 9.80. The Morgan fingerprint density at radius 2 is 0.838 bits per heavy atom. The van der Waals surface area contributed by atoms with Crippen molar-refractivity contribution in [3.8, 4) is 0 Å². The van der Waals surface area contributed by atoms with Gasteiger partial charge in [-0.25, -0.2) is 0 Å². The number of ketones is 2. The molecule has 206 valence electrons. The Balaban J connectivity index is 2.53. The minimum atomic E-state index is -0.558. The molecule has 3 aliphatic rings. The van der Waals surface area contributed by atoms with Crippen molar-refractivity contribution in [1.29, 1.82) is 0 Å². The molecule has 2 aliphatic carbocycles. The monoisotopic (exact) mass is 544 g/mol. The summed E-state index contributed by atoms with van der Waals surface area (Å²) in [6.45, 7) is 28.3. The number of Topliss-reactive ketones (excluding diaryl/α,β-unsaturated/α-hetero) is 2. The smallest absolute Gasteiger partial charge is 0.185 e. The predicted octanol–water partition coefficient (Wildman–Crippen LogP) is 8.36. The average molecular weight is 545 g/mol. The number of hydrogen-bond acceptors (Lipinski definition) is 5. The molecule has 0 bridgehead atoms. The maximum absolute atomic E-state index is 14.0. The zero-order valence-corrected chi connectivity index (χ0v) is 27.2. The summed E-state index contributed by atoms with van der Waals surface area (Å²) >= 11 is 3.73. The highest BCUT2D eigenvalue weighted by atomic mass is 32.2. The first kappa shape index (κ1) is 30.5. The number of thioether (sulfide) groups is 2. The van der Waals surface area contributed by atoms with Crippen LogP contribution in [0.2, 0.25) is 0 Å². The molecule has 1 fully saturated rings. The topological polar surface area (TPSA) is 43.4 Å². The molecule has 0 amide bonds. The lowest BCUT2D eigenvalue weighted by molar-refractivity contribution is -0.115. The summed E-state index contributed by atoms with van der Waals surface area (Å²) in [5.74, 6) is 0.275. The van der Waals surface area contributed by atoms with Crippen LogP contribution in [0.4, 0.5) is 0 Å². The van der Waals surface area contributed by atoms with Gasteiger partial charge in [0.25, 0.3) is 0 Å². The number of methoxy groups -OCH3 is 1. The first-order chi connectivity index (χ1) is 16.4. The van der Waals surface area contributed by atoms with Crippen molar-refractivity contribution in [2.24, 2.45) is 21.7 Å².